The molecular formula is C18H19ClN6O2S. The Kier molecular flexibility index (Phi) is 6.27. The summed E-state index contributed by atoms with van der Waals surface area (Å²) in [6.07, 6.45) is 1.44. The fraction of sp³-hybridized carbons (Fsp3) is 0.222. The standard InChI is InChI=1S/C18H19ClN6O2S/c19-14-2-1-3-15(11-14)23-6-8-24(9-7-23)16-5-4-13(10-17(16)25(26)27)12-21-22-18(20)28/h1-5,10-12H,6-9H2,(H3,20,22,28)/b21-12+. The van der Waals surface area contributed by atoms with Crippen LogP contribution in [0.5, 0.6) is 0 Å². The van der Waals surface area contributed by atoms with Crippen LogP contribution in [0.15, 0.2) is 47.6 Å². The van der Waals surface area contributed by atoms with Gasteiger partial charge in [0, 0.05) is 48.5 Å². The second-order valence-electron chi connectivity index (χ2n) is 6.19. The summed E-state index contributed by atoms with van der Waals surface area (Å²) in [5.74, 6) is 0. The Morgan fingerprint density at radius 3 is 2.57 bits per heavy atom. The molecule has 0 bridgehead atoms. The number of benzene rings is 2. The van der Waals surface area contributed by atoms with Crippen LogP contribution < -0.4 is 21.0 Å². The molecule has 28 heavy (non-hydrogen) atoms. The first-order valence-corrected chi connectivity index (χ1v) is 9.35. The molecule has 3 rings (SSSR count). The van der Waals surface area contributed by atoms with Gasteiger partial charge in [0.25, 0.3) is 5.69 Å². The van der Waals surface area contributed by atoms with Crippen LogP contribution in [0, 0.1) is 10.1 Å². The van der Waals surface area contributed by atoms with Gasteiger partial charge in [-0.15, -0.1) is 0 Å². The average Bonchev–Trinajstić information content (AvgIpc) is 2.68. The molecular weight excluding hydrogens is 400 g/mol. The molecule has 0 radical (unpaired) electrons. The lowest BCUT2D eigenvalue weighted by Crippen LogP contribution is -2.46. The molecule has 1 aliphatic rings. The Hall–Kier alpha value is -2.91. The summed E-state index contributed by atoms with van der Waals surface area (Å²) in [6.45, 7) is 2.84. The highest BCUT2D eigenvalue weighted by Gasteiger charge is 2.24. The highest BCUT2D eigenvalue weighted by atomic mass is 35.5. The fourth-order valence-electron chi connectivity index (χ4n) is 3.08. The van der Waals surface area contributed by atoms with Gasteiger partial charge in [0.05, 0.1) is 11.1 Å². The topological polar surface area (TPSA) is 100 Å². The van der Waals surface area contributed by atoms with Crippen molar-refractivity contribution in [1.82, 2.24) is 5.43 Å². The molecule has 8 nitrogen and oxygen atoms in total. The van der Waals surface area contributed by atoms with E-state index in [4.69, 9.17) is 17.3 Å². The highest BCUT2D eigenvalue weighted by molar-refractivity contribution is 7.80. The number of hydrogen-bond acceptors (Lipinski definition) is 6. The molecule has 0 aromatic heterocycles. The third kappa shape index (κ3) is 4.87. The van der Waals surface area contributed by atoms with E-state index in [2.05, 4.69) is 27.6 Å². The lowest BCUT2D eigenvalue weighted by Gasteiger charge is -2.37. The maximum absolute atomic E-state index is 11.6. The highest BCUT2D eigenvalue weighted by Crippen LogP contribution is 2.30. The summed E-state index contributed by atoms with van der Waals surface area (Å²) >= 11 is 10.7. The van der Waals surface area contributed by atoms with Crippen LogP contribution in [-0.4, -0.2) is 42.4 Å². The molecule has 0 unspecified atom stereocenters. The molecule has 0 spiro atoms. The SMILES string of the molecule is NC(=S)N/N=C/c1ccc(N2CCN(c3cccc(Cl)c3)CC2)c([N+](=O)[O-])c1. The number of halogens is 1. The number of hydrazone groups is 1. The van der Waals surface area contributed by atoms with Crippen LogP contribution in [0.3, 0.4) is 0 Å². The molecule has 1 saturated heterocycles. The number of thiocarbonyl (C=S) groups is 1. The minimum atomic E-state index is -0.378. The zero-order valence-corrected chi connectivity index (χ0v) is 16.5. The van der Waals surface area contributed by atoms with Crippen molar-refractivity contribution in [3.8, 4) is 0 Å². The van der Waals surface area contributed by atoms with Crippen molar-refractivity contribution in [3.05, 3.63) is 63.2 Å². The number of rotatable bonds is 5. The van der Waals surface area contributed by atoms with E-state index in [1.54, 1.807) is 12.1 Å². The second-order valence-corrected chi connectivity index (χ2v) is 7.07. The van der Waals surface area contributed by atoms with Crippen LogP contribution in [0.1, 0.15) is 5.56 Å². The Bertz CT molecular complexity index is 915. The van der Waals surface area contributed by atoms with E-state index in [0.717, 1.165) is 18.8 Å². The molecule has 2 aromatic carbocycles. The van der Waals surface area contributed by atoms with E-state index in [-0.39, 0.29) is 15.7 Å². The number of nitrogens with zero attached hydrogens (tertiary/aromatic N) is 4. The third-order valence-electron chi connectivity index (χ3n) is 4.38. The molecule has 10 heteroatoms. The van der Waals surface area contributed by atoms with Gasteiger partial charge in [0.2, 0.25) is 0 Å². The van der Waals surface area contributed by atoms with Gasteiger partial charge < -0.3 is 15.5 Å². The minimum Gasteiger partial charge on any atom is -0.375 e. The van der Waals surface area contributed by atoms with Gasteiger partial charge in [-0.3, -0.25) is 15.5 Å². The van der Waals surface area contributed by atoms with E-state index in [0.29, 0.717) is 29.4 Å². The summed E-state index contributed by atoms with van der Waals surface area (Å²) in [5.41, 5.74) is 9.99. The molecule has 1 heterocycles. The van der Waals surface area contributed by atoms with Crippen LogP contribution in [0.4, 0.5) is 17.1 Å². The molecule has 0 atom stereocenters. The van der Waals surface area contributed by atoms with Crippen molar-refractivity contribution in [3.63, 3.8) is 0 Å². The predicted octanol–water partition coefficient (Wildman–Crippen LogP) is 2.74. The number of piperazine rings is 1. The zero-order valence-electron chi connectivity index (χ0n) is 14.9. The Balaban J connectivity index is 1.74. The van der Waals surface area contributed by atoms with Crippen molar-refractivity contribution < 1.29 is 4.92 Å². The summed E-state index contributed by atoms with van der Waals surface area (Å²) in [6, 6.07) is 12.7. The molecule has 2 aromatic rings. The lowest BCUT2D eigenvalue weighted by atomic mass is 10.1. The van der Waals surface area contributed by atoms with Crippen LogP contribution >= 0.6 is 23.8 Å². The van der Waals surface area contributed by atoms with E-state index < -0.39 is 0 Å². The number of anilines is 2. The maximum Gasteiger partial charge on any atom is 0.293 e. The van der Waals surface area contributed by atoms with Crippen LogP contribution in [0.2, 0.25) is 5.02 Å². The van der Waals surface area contributed by atoms with Gasteiger partial charge in [-0.1, -0.05) is 23.7 Å². The van der Waals surface area contributed by atoms with Gasteiger partial charge in [-0.2, -0.15) is 5.10 Å². The Morgan fingerprint density at radius 1 is 1.21 bits per heavy atom. The number of hydrogen-bond donors (Lipinski definition) is 2. The van der Waals surface area contributed by atoms with Crippen molar-refractivity contribution in [2.75, 3.05) is 36.0 Å². The van der Waals surface area contributed by atoms with Crippen molar-refractivity contribution >= 4 is 52.2 Å². The lowest BCUT2D eigenvalue weighted by molar-refractivity contribution is -0.384. The summed E-state index contributed by atoms with van der Waals surface area (Å²) in [7, 11) is 0. The van der Waals surface area contributed by atoms with Crippen LogP contribution in [-0.2, 0) is 0 Å². The van der Waals surface area contributed by atoms with Crippen molar-refractivity contribution in [2.24, 2.45) is 10.8 Å². The van der Waals surface area contributed by atoms with Crippen molar-refractivity contribution in [1.29, 1.82) is 0 Å². The molecule has 3 N–H and O–H groups in total. The molecule has 0 aliphatic carbocycles. The number of nitro benzene ring substituents is 1. The largest absolute Gasteiger partial charge is 0.375 e. The average molecular weight is 419 g/mol. The van der Waals surface area contributed by atoms with Gasteiger partial charge in [0.15, 0.2) is 5.11 Å². The van der Waals surface area contributed by atoms with Crippen molar-refractivity contribution in [2.45, 2.75) is 0 Å². The number of nitrogens with two attached hydrogens (primary N) is 1. The van der Waals surface area contributed by atoms with Crippen LogP contribution in [0.25, 0.3) is 0 Å². The first kappa shape index (κ1) is 19.8. The minimum absolute atomic E-state index is 0.0277. The maximum atomic E-state index is 11.6. The van der Waals surface area contributed by atoms with E-state index in [1.165, 1.54) is 12.3 Å². The predicted molar refractivity (Wildman–Crippen MR) is 116 cm³/mol. The molecule has 0 amide bonds. The van der Waals surface area contributed by atoms with Gasteiger partial charge in [0.1, 0.15) is 5.69 Å². The van der Waals surface area contributed by atoms with E-state index >= 15 is 0 Å². The van der Waals surface area contributed by atoms with Gasteiger partial charge in [-0.25, -0.2) is 0 Å². The van der Waals surface area contributed by atoms with E-state index in [1.807, 2.05) is 29.2 Å². The molecule has 1 fully saturated rings. The summed E-state index contributed by atoms with van der Waals surface area (Å²) < 4.78 is 0. The van der Waals surface area contributed by atoms with E-state index in [9.17, 15) is 10.1 Å². The second kappa shape index (κ2) is 8.85. The summed E-state index contributed by atoms with van der Waals surface area (Å²) in [5, 5.41) is 16.1. The van der Waals surface area contributed by atoms with Gasteiger partial charge >= 0.3 is 0 Å². The first-order chi connectivity index (χ1) is 13.4. The molecule has 146 valence electrons. The normalized spacial score (nSPS) is 14.3. The fourth-order valence-corrected chi connectivity index (χ4v) is 3.32. The smallest absolute Gasteiger partial charge is 0.293 e. The number of nitrogens with one attached hydrogen (secondary N) is 1. The number of nitro groups is 1. The quantitative estimate of drug-likeness (QED) is 0.333. The third-order valence-corrected chi connectivity index (χ3v) is 4.70. The summed E-state index contributed by atoms with van der Waals surface area (Å²) in [4.78, 5) is 15.4. The zero-order chi connectivity index (χ0) is 20.1. The Labute approximate surface area is 172 Å². The first-order valence-electron chi connectivity index (χ1n) is 8.56. The Morgan fingerprint density at radius 2 is 1.93 bits per heavy atom. The molecule has 0 saturated carbocycles. The van der Waals surface area contributed by atoms with Gasteiger partial charge in [-0.05, 0) is 36.5 Å². The molecule has 1 aliphatic heterocycles. The monoisotopic (exact) mass is 418 g/mol.